The number of nitrogens with one attached hydrogen (secondary N) is 1. The average molecular weight is 351 g/mol. The number of ether oxygens (including phenoxy) is 1. The van der Waals surface area contributed by atoms with E-state index >= 15 is 0 Å². The van der Waals surface area contributed by atoms with E-state index in [0.717, 1.165) is 41.1 Å². The summed E-state index contributed by atoms with van der Waals surface area (Å²) < 4.78 is 20.5. The van der Waals surface area contributed by atoms with Crippen LogP contribution in [0.4, 0.5) is 10.1 Å². The number of amides is 1. The molecule has 6 heteroatoms. The van der Waals surface area contributed by atoms with Crippen molar-refractivity contribution in [3.05, 3.63) is 53.1 Å². The summed E-state index contributed by atoms with van der Waals surface area (Å²) in [6, 6.07) is 8.70. The van der Waals surface area contributed by atoms with Crippen molar-refractivity contribution >= 4 is 22.6 Å². The number of β-lactam (4-membered cyclic amide) rings is 1. The van der Waals surface area contributed by atoms with E-state index in [0.29, 0.717) is 24.2 Å². The molecule has 0 spiro atoms. The van der Waals surface area contributed by atoms with Crippen molar-refractivity contribution in [2.75, 3.05) is 11.4 Å². The van der Waals surface area contributed by atoms with E-state index < -0.39 is 0 Å². The highest BCUT2D eigenvalue weighted by molar-refractivity contribution is 6.03. The number of hydrogen-bond donors (Lipinski definition) is 1. The van der Waals surface area contributed by atoms with E-state index in [-0.39, 0.29) is 17.8 Å². The van der Waals surface area contributed by atoms with Crippen LogP contribution in [0, 0.1) is 12.7 Å². The van der Waals surface area contributed by atoms with Crippen molar-refractivity contribution in [1.29, 1.82) is 0 Å². The number of aromatic amines is 1. The van der Waals surface area contributed by atoms with Crippen LogP contribution < -0.4 is 9.64 Å². The first kappa shape index (κ1) is 15.4. The molecule has 2 aliphatic heterocycles. The number of carbonyl (C=O) groups is 1. The van der Waals surface area contributed by atoms with Gasteiger partial charge in [-0.25, -0.2) is 9.37 Å². The molecule has 3 heterocycles. The Hall–Kier alpha value is -2.89. The van der Waals surface area contributed by atoms with Crippen LogP contribution in [-0.2, 0) is 11.2 Å². The normalized spacial score (nSPS) is 19.2. The first-order valence-corrected chi connectivity index (χ1v) is 8.85. The Balaban J connectivity index is 1.65. The summed E-state index contributed by atoms with van der Waals surface area (Å²) in [5.41, 5.74) is 4.02. The zero-order valence-corrected chi connectivity index (χ0v) is 14.4. The molecule has 132 valence electrons. The average Bonchev–Trinajstić information content (AvgIpc) is 3.01. The second-order valence-electron chi connectivity index (χ2n) is 6.88. The molecule has 1 saturated heterocycles. The molecule has 2 aliphatic rings. The van der Waals surface area contributed by atoms with E-state index in [1.54, 1.807) is 17.0 Å². The van der Waals surface area contributed by atoms with Gasteiger partial charge in [0.25, 0.3) is 0 Å². The van der Waals surface area contributed by atoms with Gasteiger partial charge in [-0.2, -0.15) is 0 Å². The van der Waals surface area contributed by atoms with Gasteiger partial charge < -0.3 is 14.6 Å². The zero-order valence-electron chi connectivity index (χ0n) is 14.4. The summed E-state index contributed by atoms with van der Waals surface area (Å²) in [6.45, 7) is 2.61. The highest BCUT2D eigenvalue weighted by Gasteiger charge is 2.33. The second kappa shape index (κ2) is 5.56. The van der Waals surface area contributed by atoms with E-state index in [2.05, 4.69) is 9.97 Å². The Bertz CT molecular complexity index is 1040. The van der Waals surface area contributed by atoms with E-state index in [4.69, 9.17) is 4.74 Å². The molecule has 2 aromatic carbocycles. The van der Waals surface area contributed by atoms with Gasteiger partial charge >= 0.3 is 0 Å². The predicted octanol–water partition coefficient (Wildman–Crippen LogP) is 3.81. The highest BCUT2D eigenvalue weighted by atomic mass is 19.1. The number of nitrogens with zero attached hydrogens (tertiary/aromatic N) is 2. The largest absolute Gasteiger partial charge is 0.483 e. The maximum Gasteiger partial charge on any atom is 0.228 e. The van der Waals surface area contributed by atoms with E-state index in [1.807, 2.05) is 19.1 Å². The topological polar surface area (TPSA) is 58.2 Å². The van der Waals surface area contributed by atoms with Crippen LogP contribution in [0.1, 0.15) is 35.9 Å². The maximum atomic E-state index is 14.2. The number of hydrogen-bond acceptors (Lipinski definition) is 3. The predicted molar refractivity (Wildman–Crippen MR) is 95.9 cm³/mol. The number of rotatable bonds is 2. The van der Waals surface area contributed by atoms with Crippen LogP contribution in [-0.4, -0.2) is 22.4 Å². The monoisotopic (exact) mass is 351 g/mol. The van der Waals surface area contributed by atoms with Crippen molar-refractivity contribution in [3.8, 4) is 5.75 Å². The molecule has 5 rings (SSSR count). The molecule has 3 aromatic rings. The number of anilines is 1. The third-order valence-corrected chi connectivity index (χ3v) is 5.24. The van der Waals surface area contributed by atoms with Crippen molar-refractivity contribution in [1.82, 2.24) is 9.97 Å². The van der Waals surface area contributed by atoms with Gasteiger partial charge in [0, 0.05) is 24.1 Å². The Morgan fingerprint density at radius 3 is 2.88 bits per heavy atom. The number of H-pyrrole nitrogens is 1. The molecule has 1 aromatic heterocycles. The van der Waals surface area contributed by atoms with Crippen LogP contribution in [0.25, 0.3) is 11.0 Å². The lowest BCUT2D eigenvalue weighted by Crippen LogP contribution is -2.44. The van der Waals surface area contributed by atoms with Crippen LogP contribution in [0.2, 0.25) is 0 Å². The van der Waals surface area contributed by atoms with Crippen molar-refractivity contribution in [3.63, 3.8) is 0 Å². The fourth-order valence-corrected chi connectivity index (χ4v) is 3.88. The quantitative estimate of drug-likeness (QED) is 0.714. The first-order valence-electron chi connectivity index (χ1n) is 8.85. The van der Waals surface area contributed by atoms with Crippen molar-refractivity contribution in [2.24, 2.45) is 0 Å². The molecule has 5 nitrogen and oxygen atoms in total. The molecule has 1 amide bonds. The van der Waals surface area contributed by atoms with Crippen molar-refractivity contribution in [2.45, 2.75) is 32.3 Å². The third kappa shape index (κ3) is 2.21. The summed E-state index contributed by atoms with van der Waals surface area (Å²) in [7, 11) is 0. The zero-order chi connectivity index (χ0) is 17.8. The molecule has 0 saturated carbocycles. The number of imidazole rings is 1. The molecule has 0 radical (unpaired) electrons. The van der Waals surface area contributed by atoms with Crippen LogP contribution in [0.5, 0.6) is 5.75 Å². The molecule has 26 heavy (non-hydrogen) atoms. The summed E-state index contributed by atoms with van der Waals surface area (Å²) >= 11 is 0. The van der Waals surface area contributed by atoms with Gasteiger partial charge in [-0.1, -0.05) is 18.2 Å². The van der Waals surface area contributed by atoms with Gasteiger partial charge in [-0.05, 0) is 31.9 Å². The number of benzene rings is 2. The van der Waals surface area contributed by atoms with Crippen LogP contribution >= 0.6 is 0 Å². The SMILES string of the molecule is Cc1nc2c3c(c(N4CCC4=O)cc2[nH]1)CC[C@@H](c1ccccc1F)O3. The minimum atomic E-state index is -0.355. The van der Waals surface area contributed by atoms with Crippen LogP contribution in [0.15, 0.2) is 30.3 Å². The lowest BCUT2D eigenvalue weighted by Gasteiger charge is -2.35. The lowest BCUT2D eigenvalue weighted by molar-refractivity contribution is -0.122. The molecule has 1 N–H and O–H groups in total. The molecule has 0 aliphatic carbocycles. The summed E-state index contributed by atoms with van der Waals surface area (Å²) in [5.74, 6) is 1.32. The fraction of sp³-hybridized carbons (Fsp3) is 0.300. The smallest absolute Gasteiger partial charge is 0.228 e. The second-order valence-corrected chi connectivity index (χ2v) is 6.88. The van der Waals surface area contributed by atoms with Gasteiger partial charge in [0.05, 0.1) is 11.2 Å². The van der Waals surface area contributed by atoms with E-state index in [9.17, 15) is 9.18 Å². The minimum Gasteiger partial charge on any atom is -0.483 e. The Kier molecular flexibility index (Phi) is 3.29. The standard InChI is InChI=1S/C20H18FN3O2/c1-11-22-15-10-16(24-9-8-18(24)25)13-6-7-17(26-20(13)19(15)23-11)12-4-2-3-5-14(12)21/h2-5,10,17H,6-9H2,1H3,(H,22,23)/t17-/m0/s1. The molecular formula is C20H18FN3O2. The molecule has 1 fully saturated rings. The van der Waals surface area contributed by atoms with Gasteiger partial charge in [-0.3, -0.25) is 4.79 Å². The molecule has 0 unspecified atom stereocenters. The highest BCUT2D eigenvalue weighted by Crippen LogP contribution is 2.45. The first-order chi connectivity index (χ1) is 12.6. The molecule has 0 bridgehead atoms. The van der Waals surface area contributed by atoms with Crippen molar-refractivity contribution < 1.29 is 13.9 Å². The number of aryl methyl sites for hydroxylation is 1. The third-order valence-electron chi connectivity index (χ3n) is 5.24. The lowest BCUT2D eigenvalue weighted by atomic mass is 9.94. The Morgan fingerprint density at radius 2 is 2.15 bits per heavy atom. The van der Waals surface area contributed by atoms with Crippen LogP contribution in [0.3, 0.4) is 0 Å². The number of fused-ring (bicyclic) bond motifs is 3. The summed E-state index contributed by atoms with van der Waals surface area (Å²) in [6.07, 6.45) is 1.60. The van der Waals surface area contributed by atoms with Gasteiger partial charge in [0.2, 0.25) is 5.91 Å². The summed E-state index contributed by atoms with van der Waals surface area (Å²) in [4.78, 5) is 21.6. The summed E-state index contributed by atoms with van der Waals surface area (Å²) in [5, 5.41) is 0. The Labute approximate surface area is 149 Å². The molecule has 1 atom stereocenters. The minimum absolute atomic E-state index is 0.124. The maximum absolute atomic E-state index is 14.2. The van der Waals surface area contributed by atoms with E-state index in [1.165, 1.54) is 6.07 Å². The van der Waals surface area contributed by atoms with Gasteiger partial charge in [0.15, 0.2) is 5.75 Å². The number of aromatic nitrogens is 2. The fourth-order valence-electron chi connectivity index (χ4n) is 3.88. The number of halogens is 1. The number of carbonyl (C=O) groups excluding carboxylic acids is 1. The van der Waals surface area contributed by atoms with Gasteiger partial charge in [-0.15, -0.1) is 0 Å². The van der Waals surface area contributed by atoms with Gasteiger partial charge in [0.1, 0.15) is 23.3 Å². The molecular weight excluding hydrogens is 333 g/mol. The Morgan fingerprint density at radius 1 is 1.31 bits per heavy atom.